The third-order valence-electron chi connectivity index (χ3n) is 10.1. The topological polar surface area (TPSA) is 178 Å². The van der Waals surface area contributed by atoms with E-state index in [2.05, 4.69) is 54.9 Å². The number of imidazole rings is 2. The fourth-order valence-electron chi connectivity index (χ4n) is 7.14. The van der Waals surface area contributed by atoms with Crippen LogP contribution in [0.3, 0.4) is 0 Å². The molecule has 4 aromatic rings. The van der Waals surface area contributed by atoms with Gasteiger partial charge in [-0.1, -0.05) is 62.4 Å². The van der Waals surface area contributed by atoms with Crippen molar-refractivity contribution < 1.29 is 28.7 Å². The summed E-state index contributed by atoms with van der Waals surface area (Å²) in [5.41, 5.74) is 8.26. The summed E-state index contributed by atoms with van der Waals surface area (Å²) in [5.74, 6) is 1.17. The molecule has 3 unspecified atom stereocenters. The molecule has 0 saturated carbocycles. The quantitative estimate of drug-likeness (QED) is 0.142. The number of nitrogens with one attached hydrogen (secondary N) is 4. The zero-order chi connectivity index (χ0) is 38.5. The molecule has 2 fully saturated rings. The number of likely N-dealkylation sites (tertiary alicyclic amines) is 2. The number of aromatic nitrogens is 4. The minimum atomic E-state index is -0.699. The highest BCUT2D eigenvalue weighted by atomic mass is 16.5. The number of amides is 5. The fraction of sp³-hybridized carbons (Fsp3) is 0.436. The van der Waals surface area contributed by atoms with Crippen molar-refractivity contribution >= 4 is 24.1 Å². The summed E-state index contributed by atoms with van der Waals surface area (Å²) in [4.78, 5) is 70.5. The van der Waals surface area contributed by atoms with Crippen molar-refractivity contribution in [1.29, 1.82) is 0 Å². The summed E-state index contributed by atoms with van der Waals surface area (Å²) in [6.07, 6.45) is 5.46. The number of benzene rings is 2. The molecular formula is C39H49N9O6. The molecule has 5 amide bonds. The van der Waals surface area contributed by atoms with Crippen LogP contribution in [0.5, 0.6) is 0 Å². The molecule has 0 aliphatic carbocycles. The number of H-pyrrole nitrogens is 2. The van der Waals surface area contributed by atoms with E-state index in [-0.39, 0.29) is 36.0 Å². The van der Waals surface area contributed by atoms with Crippen LogP contribution in [0.25, 0.3) is 33.6 Å². The lowest BCUT2D eigenvalue weighted by atomic mass is 10.0. The van der Waals surface area contributed by atoms with Crippen molar-refractivity contribution in [2.24, 2.45) is 5.92 Å². The summed E-state index contributed by atoms with van der Waals surface area (Å²) in [6.45, 7) is 8.59. The predicted molar refractivity (Wildman–Crippen MR) is 201 cm³/mol. The molecule has 3 atom stereocenters. The Morgan fingerprint density at radius 3 is 1.65 bits per heavy atom. The minimum absolute atomic E-state index is 0.105. The third-order valence-corrected chi connectivity index (χ3v) is 10.1. The molecule has 286 valence electrons. The van der Waals surface area contributed by atoms with Crippen molar-refractivity contribution in [1.82, 2.24) is 45.5 Å². The number of hydrazine groups is 1. The van der Waals surface area contributed by atoms with E-state index in [4.69, 9.17) is 9.47 Å². The molecule has 6 rings (SSSR count). The lowest BCUT2D eigenvalue weighted by Crippen LogP contribution is -2.54. The van der Waals surface area contributed by atoms with Gasteiger partial charge in [0.25, 0.3) is 0 Å². The highest BCUT2D eigenvalue weighted by Crippen LogP contribution is 2.35. The maximum absolute atomic E-state index is 13.5. The Kier molecular flexibility index (Phi) is 11.5. The Bertz CT molecular complexity index is 1800. The zero-order valence-electron chi connectivity index (χ0n) is 31.6. The first-order chi connectivity index (χ1) is 26.0. The molecule has 0 radical (unpaired) electrons. The molecule has 4 heterocycles. The summed E-state index contributed by atoms with van der Waals surface area (Å²) in [7, 11) is 2.55. The van der Waals surface area contributed by atoms with E-state index in [1.165, 1.54) is 19.2 Å². The largest absolute Gasteiger partial charge is 0.453 e. The molecule has 15 nitrogen and oxygen atoms in total. The molecular weight excluding hydrogens is 690 g/mol. The Labute approximate surface area is 314 Å². The second-order valence-electron chi connectivity index (χ2n) is 14.3. The lowest BCUT2D eigenvalue weighted by Gasteiger charge is -2.33. The van der Waals surface area contributed by atoms with E-state index < -0.39 is 18.2 Å². The van der Waals surface area contributed by atoms with E-state index >= 15 is 0 Å². The number of hydrogen-bond acceptors (Lipinski definition) is 8. The number of hydrogen-bond donors (Lipinski definition) is 4. The van der Waals surface area contributed by atoms with Crippen LogP contribution < -0.4 is 10.7 Å². The van der Waals surface area contributed by atoms with Gasteiger partial charge in [-0.3, -0.25) is 4.79 Å². The standard InChI is InChI=1S/C39H49N9O6/c1-23(2)33(44-37(50)53-5)36(49)46-19-7-9-31(46)34-40-21-29(42-34)27-15-11-25(12-16-27)26-13-17-28(18-14-26)30-22-41-35(43-30)32-10-8-20-47(32)39(52)48(24(3)4)45-38(51)54-6/h11-18,21-24,31-33H,7-10,19-20H2,1-6H3,(H,40,42)(H,41,43)(H,44,50)(H,45,51). The highest BCUT2D eigenvalue weighted by molar-refractivity contribution is 5.86. The number of carbonyl (C=O) groups is 4. The smallest absolute Gasteiger partial charge is 0.425 e. The van der Waals surface area contributed by atoms with Gasteiger partial charge < -0.3 is 34.6 Å². The van der Waals surface area contributed by atoms with Crippen LogP contribution in [0.15, 0.2) is 60.9 Å². The Hall–Kier alpha value is -5.86. The molecule has 15 heteroatoms. The highest BCUT2D eigenvalue weighted by Gasteiger charge is 2.38. The normalized spacial score (nSPS) is 17.5. The molecule has 54 heavy (non-hydrogen) atoms. The van der Waals surface area contributed by atoms with Crippen LogP contribution in [0.2, 0.25) is 0 Å². The first-order valence-corrected chi connectivity index (χ1v) is 18.4. The number of methoxy groups -OCH3 is 2. The number of carbonyl (C=O) groups excluding carboxylic acids is 4. The fourth-order valence-corrected chi connectivity index (χ4v) is 7.14. The second kappa shape index (κ2) is 16.4. The van der Waals surface area contributed by atoms with Crippen molar-refractivity contribution in [2.75, 3.05) is 27.3 Å². The maximum atomic E-state index is 13.5. The van der Waals surface area contributed by atoms with Gasteiger partial charge in [-0.15, -0.1) is 0 Å². The van der Waals surface area contributed by atoms with Crippen LogP contribution in [-0.4, -0.2) is 98.3 Å². The Morgan fingerprint density at radius 2 is 1.19 bits per heavy atom. The van der Waals surface area contributed by atoms with Crippen molar-refractivity contribution in [3.8, 4) is 33.6 Å². The molecule has 0 spiro atoms. The molecule has 4 N–H and O–H groups in total. The third kappa shape index (κ3) is 8.04. The summed E-state index contributed by atoms with van der Waals surface area (Å²) >= 11 is 0. The van der Waals surface area contributed by atoms with E-state index in [0.29, 0.717) is 18.9 Å². The van der Waals surface area contributed by atoms with Crippen LogP contribution in [0.1, 0.15) is 77.1 Å². The minimum Gasteiger partial charge on any atom is -0.453 e. The van der Waals surface area contributed by atoms with E-state index in [9.17, 15) is 19.2 Å². The molecule has 2 aromatic carbocycles. The molecule has 2 saturated heterocycles. The van der Waals surface area contributed by atoms with Crippen LogP contribution >= 0.6 is 0 Å². The average Bonchev–Trinajstić information content (AvgIpc) is 4.02. The van der Waals surface area contributed by atoms with Crippen LogP contribution in [0.4, 0.5) is 14.4 Å². The first-order valence-electron chi connectivity index (χ1n) is 18.4. The number of rotatable bonds is 9. The van der Waals surface area contributed by atoms with Crippen molar-refractivity contribution in [3.05, 3.63) is 72.6 Å². The van der Waals surface area contributed by atoms with Gasteiger partial charge in [-0.2, -0.15) is 0 Å². The monoisotopic (exact) mass is 739 g/mol. The van der Waals surface area contributed by atoms with Gasteiger partial charge in [0.2, 0.25) is 5.91 Å². The first kappa shape index (κ1) is 37.9. The second-order valence-corrected chi connectivity index (χ2v) is 14.3. The summed E-state index contributed by atoms with van der Waals surface area (Å²) < 4.78 is 9.46. The molecule has 2 aromatic heterocycles. The molecule has 2 aliphatic rings. The van der Waals surface area contributed by atoms with Gasteiger partial charge in [-0.05, 0) is 67.7 Å². The number of alkyl carbamates (subject to hydrolysis) is 1. The van der Waals surface area contributed by atoms with Crippen LogP contribution in [0, 0.1) is 5.92 Å². The van der Waals surface area contributed by atoms with E-state index in [1.807, 2.05) is 52.0 Å². The predicted octanol–water partition coefficient (Wildman–Crippen LogP) is 6.42. The Balaban J connectivity index is 1.11. The van der Waals surface area contributed by atoms with E-state index in [1.54, 1.807) is 22.2 Å². The number of nitrogens with zero attached hydrogens (tertiary/aromatic N) is 5. The number of urea groups is 1. The van der Waals surface area contributed by atoms with Crippen molar-refractivity contribution in [3.63, 3.8) is 0 Å². The SMILES string of the molecule is COC(=O)NC(C(=O)N1CCCC1c1ncc(-c2ccc(-c3ccc(-c4cnc(C5CCCN5C(=O)N(NC(=O)OC)C(C)C)[nH]4)cc3)cc2)[nH]1)C(C)C. The maximum Gasteiger partial charge on any atom is 0.425 e. The van der Waals surface area contributed by atoms with Gasteiger partial charge in [-0.25, -0.2) is 34.8 Å². The van der Waals surface area contributed by atoms with Gasteiger partial charge in [0, 0.05) is 19.1 Å². The van der Waals surface area contributed by atoms with Crippen molar-refractivity contribution in [2.45, 2.75) is 77.5 Å². The summed E-state index contributed by atoms with van der Waals surface area (Å²) in [5, 5.41) is 3.98. The van der Waals surface area contributed by atoms with Gasteiger partial charge in [0.1, 0.15) is 17.7 Å². The molecule has 2 aliphatic heterocycles. The zero-order valence-corrected chi connectivity index (χ0v) is 31.6. The summed E-state index contributed by atoms with van der Waals surface area (Å²) in [6, 6.07) is 14.7. The molecule has 0 bridgehead atoms. The van der Waals surface area contributed by atoms with Gasteiger partial charge in [0.05, 0.1) is 50.1 Å². The Morgan fingerprint density at radius 1 is 0.722 bits per heavy atom. The lowest BCUT2D eigenvalue weighted by molar-refractivity contribution is -0.135. The number of aromatic amines is 2. The average molecular weight is 740 g/mol. The van der Waals surface area contributed by atoms with Gasteiger partial charge >= 0.3 is 18.2 Å². The number of ether oxygens (including phenoxy) is 2. The van der Waals surface area contributed by atoms with Gasteiger partial charge in [0.15, 0.2) is 0 Å². The van der Waals surface area contributed by atoms with Crippen LogP contribution in [-0.2, 0) is 14.3 Å². The van der Waals surface area contributed by atoms with E-state index in [0.717, 1.165) is 65.1 Å².